The van der Waals surface area contributed by atoms with Gasteiger partial charge in [-0.05, 0) is 42.8 Å². The van der Waals surface area contributed by atoms with Crippen LogP contribution >= 0.6 is 11.6 Å². The highest BCUT2D eigenvalue weighted by Crippen LogP contribution is 2.37. The van der Waals surface area contributed by atoms with E-state index in [-0.39, 0.29) is 33.3 Å². The van der Waals surface area contributed by atoms with Gasteiger partial charge in [0.15, 0.2) is 5.69 Å². The van der Waals surface area contributed by atoms with Crippen molar-refractivity contribution in [2.24, 2.45) is 5.73 Å². The fraction of sp³-hybridized carbons (Fsp3) is 0.125. The number of anilines is 1. The number of nitrogens with two attached hydrogens (primary N) is 1. The number of nitrogens with one attached hydrogen (secondary N) is 1. The first-order valence-corrected chi connectivity index (χ1v) is 10.9. The Bertz CT molecular complexity index is 1680. The normalized spacial score (nSPS) is 11.4. The Morgan fingerprint density at radius 1 is 1.18 bits per heavy atom. The number of carbonyl (C=O) groups is 2. The molecular weight excluding hydrogens is 535 g/mol. The molecule has 2 amide bonds. The zero-order valence-corrected chi connectivity index (χ0v) is 19.9. The minimum Gasteiger partial charge on any atom is -0.364 e. The van der Waals surface area contributed by atoms with E-state index in [0.717, 1.165) is 35.0 Å². The third kappa shape index (κ3) is 4.98. The summed E-state index contributed by atoms with van der Waals surface area (Å²) in [5, 5.41) is 14.5. The molecule has 8 nitrogen and oxygen atoms in total. The van der Waals surface area contributed by atoms with E-state index in [1.165, 1.54) is 13.0 Å². The van der Waals surface area contributed by atoms with Crippen molar-refractivity contribution in [2.45, 2.75) is 19.6 Å². The molecule has 0 atom stereocenters. The highest BCUT2D eigenvalue weighted by Gasteiger charge is 2.39. The van der Waals surface area contributed by atoms with Crippen LogP contribution in [0.4, 0.5) is 27.6 Å². The van der Waals surface area contributed by atoms with Gasteiger partial charge in [0.1, 0.15) is 17.3 Å². The van der Waals surface area contributed by atoms with Gasteiger partial charge in [-0.1, -0.05) is 11.6 Å². The zero-order valence-electron chi connectivity index (χ0n) is 19.1. The fourth-order valence-corrected chi connectivity index (χ4v) is 3.89. The number of pyridine rings is 1. The van der Waals surface area contributed by atoms with Crippen LogP contribution in [0.25, 0.3) is 10.9 Å². The molecule has 2 aromatic heterocycles. The van der Waals surface area contributed by atoms with Crippen LogP contribution in [-0.2, 0) is 12.7 Å². The molecule has 0 aliphatic heterocycles. The lowest BCUT2D eigenvalue weighted by atomic mass is 10.1. The van der Waals surface area contributed by atoms with Crippen molar-refractivity contribution in [1.82, 2.24) is 14.8 Å². The Morgan fingerprint density at radius 2 is 1.89 bits per heavy atom. The number of nitrogens with zero attached hydrogens (tertiary/aromatic N) is 4. The third-order valence-corrected chi connectivity index (χ3v) is 5.86. The van der Waals surface area contributed by atoms with E-state index in [4.69, 9.17) is 17.3 Å². The average molecular weight is 549 g/mol. The number of alkyl halides is 3. The maximum absolute atomic E-state index is 14.0. The number of aromatic nitrogens is 3. The van der Waals surface area contributed by atoms with E-state index in [0.29, 0.717) is 0 Å². The molecule has 0 aliphatic carbocycles. The molecule has 3 N–H and O–H groups in total. The fourth-order valence-electron chi connectivity index (χ4n) is 3.73. The largest absolute Gasteiger partial charge is 0.437 e. The minimum absolute atomic E-state index is 0.0202. The van der Waals surface area contributed by atoms with E-state index in [1.807, 2.05) is 6.07 Å². The van der Waals surface area contributed by atoms with Crippen molar-refractivity contribution < 1.29 is 31.5 Å². The molecule has 2 aromatic carbocycles. The number of amides is 2. The van der Waals surface area contributed by atoms with E-state index in [2.05, 4.69) is 15.4 Å². The van der Waals surface area contributed by atoms with Gasteiger partial charge in [0.2, 0.25) is 0 Å². The number of halogens is 6. The summed E-state index contributed by atoms with van der Waals surface area (Å²) in [5.41, 5.74) is 1.98. The quantitative estimate of drug-likeness (QED) is 0.341. The third-order valence-electron chi connectivity index (χ3n) is 5.57. The number of rotatable bonds is 5. The lowest BCUT2D eigenvalue weighted by Crippen LogP contribution is -2.19. The number of nitriles is 1. The lowest BCUT2D eigenvalue weighted by molar-refractivity contribution is -0.140. The standard InChI is InChI=1S/C24H14ClF5N6O2/c1-10-20(21(24(28,29)30)35-36(10)9-12-4-13(26)3-2-11(12)8-31)34-23(38)15-6-19(22(32)37)33-18-7-17(27)16(25)5-14(15)18/h2-7H,9H2,1H3,(H2,32,37)(H,34,38). The Balaban J connectivity index is 1.83. The van der Waals surface area contributed by atoms with Crippen molar-refractivity contribution >= 4 is 40.0 Å². The van der Waals surface area contributed by atoms with Crippen LogP contribution in [0.5, 0.6) is 0 Å². The summed E-state index contributed by atoms with van der Waals surface area (Å²) in [4.78, 5) is 28.8. The van der Waals surface area contributed by atoms with Crippen molar-refractivity contribution in [3.63, 3.8) is 0 Å². The topological polar surface area (TPSA) is 127 Å². The molecule has 38 heavy (non-hydrogen) atoms. The average Bonchev–Trinajstić information content (AvgIpc) is 3.14. The SMILES string of the molecule is Cc1c(NC(=O)c2cc(C(N)=O)nc3cc(F)c(Cl)cc23)c(C(F)(F)F)nn1Cc1cc(F)ccc1C#N. The Labute approximate surface area is 215 Å². The number of benzene rings is 2. The molecule has 14 heteroatoms. The Morgan fingerprint density at radius 3 is 2.53 bits per heavy atom. The van der Waals surface area contributed by atoms with Gasteiger partial charge in [0.25, 0.3) is 11.8 Å². The molecule has 0 fully saturated rings. The first-order chi connectivity index (χ1) is 17.8. The second-order valence-electron chi connectivity index (χ2n) is 8.03. The van der Waals surface area contributed by atoms with Crippen molar-refractivity contribution in [3.8, 4) is 6.07 Å². The summed E-state index contributed by atoms with van der Waals surface area (Å²) >= 11 is 5.82. The summed E-state index contributed by atoms with van der Waals surface area (Å²) in [6, 6.07) is 7.84. The second-order valence-corrected chi connectivity index (χ2v) is 8.44. The van der Waals surface area contributed by atoms with Crippen LogP contribution in [0.3, 0.4) is 0 Å². The zero-order chi connectivity index (χ0) is 27.9. The summed E-state index contributed by atoms with van der Waals surface area (Å²) in [6.07, 6.45) is -5.02. The molecule has 0 spiro atoms. The lowest BCUT2D eigenvalue weighted by Gasteiger charge is -2.12. The molecule has 0 radical (unpaired) electrons. The molecule has 0 saturated carbocycles. The van der Waals surface area contributed by atoms with E-state index < -0.39 is 58.3 Å². The predicted octanol–water partition coefficient (Wildman–Crippen LogP) is 4.96. The monoisotopic (exact) mass is 548 g/mol. The first kappa shape index (κ1) is 26.5. The summed E-state index contributed by atoms with van der Waals surface area (Å²) in [5.74, 6) is -3.82. The summed E-state index contributed by atoms with van der Waals surface area (Å²) in [7, 11) is 0. The number of hydrogen-bond donors (Lipinski definition) is 2. The van der Waals surface area contributed by atoms with Gasteiger partial charge in [0.05, 0.1) is 45.7 Å². The molecule has 4 rings (SSSR count). The first-order valence-electron chi connectivity index (χ1n) is 10.5. The Hall–Kier alpha value is -4.57. The molecule has 0 aliphatic rings. The van der Waals surface area contributed by atoms with Crippen molar-refractivity contribution in [1.29, 1.82) is 5.26 Å². The van der Waals surface area contributed by atoms with E-state index >= 15 is 0 Å². The van der Waals surface area contributed by atoms with E-state index in [1.54, 1.807) is 0 Å². The van der Waals surface area contributed by atoms with Gasteiger partial charge in [-0.25, -0.2) is 13.8 Å². The molecule has 0 bridgehead atoms. The molecule has 0 unspecified atom stereocenters. The van der Waals surface area contributed by atoms with Gasteiger partial charge in [-0.15, -0.1) is 0 Å². The van der Waals surface area contributed by atoms with Crippen LogP contribution in [0.2, 0.25) is 5.02 Å². The molecule has 0 saturated heterocycles. The van der Waals surface area contributed by atoms with Crippen LogP contribution < -0.4 is 11.1 Å². The summed E-state index contributed by atoms with van der Waals surface area (Å²) < 4.78 is 70.3. The van der Waals surface area contributed by atoms with Crippen LogP contribution in [0.15, 0.2) is 36.4 Å². The predicted molar refractivity (Wildman–Crippen MR) is 125 cm³/mol. The second kappa shape index (κ2) is 9.71. The molecule has 194 valence electrons. The van der Waals surface area contributed by atoms with Crippen LogP contribution in [-0.4, -0.2) is 26.6 Å². The van der Waals surface area contributed by atoms with Gasteiger partial charge in [0, 0.05) is 11.5 Å². The number of fused-ring (bicyclic) bond motifs is 1. The van der Waals surface area contributed by atoms with E-state index in [9.17, 15) is 36.8 Å². The number of hydrogen-bond acceptors (Lipinski definition) is 5. The number of primary amides is 1. The van der Waals surface area contributed by atoms with Crippen molar-refractivity contribution in [2.75, 3.05) is 5.32 Å². The minimum atomic E-state index is -5.02. The van der Waals surface area contributed by atoms with Crippen molar-refractivity contribution in [3.05, 3.63) is 86.8 Å². The highest BCUT2D eigenvalue weighted by molar-refractivity contribution is 6.31. The maximum Gasteiger partial charge on any atom is 0.437 e. The number of carbonyl (C=O) groups excluding carboxylic acids is 2. The molecular formula is C24H14ClF5N6O2. The van der Waals surface area contributed by atoms with Crippen LogP contribution in [0, 0.1) is 29.9 Å². The van der Waals surface area contributed by atoms with Gasteiger partial charge in [-0.2, -0.15) is 23.5 Å². The smallest absolute Gasteiger partial charge is 0.364 e. The van der Waals surface area contributed by atoms with Crippen LogP contribution in [0.1, 0.15) is 43.4 Å². The van der Waals surface area contributed by atoms with Gasteiger partial charge in [-0.3, -0.25) is 14.3 Å². The molecule has 2 heterocycles. The van der Waals surface area contributed by atoms with Gasteiger partial charge >= 0.3 is 6.18 Å². The highest BCUT2D eigenvalue weighted by atomic mass is 35.5. The maximum atomic E-state index is 14.0. The van der Waals surface area contributed by atoms with Gasteiger partial charge < -0.3 is 11.1 Å². The molecule has 4 aromatic rings. The Kier molecular flexibility index (Phi) is 6.77. The summed E-state index contributed by atoms with van der Waals surface area (Å²) in [6.45, 7) is 0.819.